The molecule has 0 fully saturated rings. The van der Waals surface area contributed by atoms with Crippen molar-refractivity contribution in [1.82, 2.24) is 15.0 Å². The summed E-state index contributed by atoms with van der Waals surface area (Å²) in [6.07, 6.45) is 0.870. The summed E-state index contributed by atoms with van der Waals surface area (Å²) in [5, 5.41) is 8.81. The number of benzene rings is 1. The molecule has 1 atom stereocenters. The van der Waals surface area contributed by atoms with Crippen LogP contribution in [0, 0.1) is 0 Å². The molecular weight excluding hydrogens is 276 g/mol. The van der Waals surface area contributed by atoms with Crippen molar-refractivity contribution in [3.8, 4) is 5.75 Å². The summed E-state index contributed by atoms with van der Waals surface area (Å²) in [5.74, 6) is 1.68. The first kappa shape index (κ1) is 13.2. The average molecular weight is 293 g/mol. The molecule has 1 aromatic heterocycles. The third kappa shape index (κ3) is 2.33. The fraction of sp³-hybridized carbons (Fsp3) is 0.429. The Kier molecular flexibility index (Phi) is 3.30. The Hall–Kier alpha value is -1.75. The molecule has 5 nitrogen and oxygen atoms in total. The van der Waals surface area contributed by atoms with E-state index in [2.05, 4.69) is 24.2 Å². The Balaban J connectivity index is 1.78. The van der Waals surface area contributed by atoms with Crippen molar-refractivity contribution in [2.45, 2.75) is 38.8 Å². The summed E-state index contributed by atoms with van der Waals surface area (Å²) in [7, 11) is 0. The molecule has 1 aromatic carbocycles. The lowest BCUT2D eigenvalue weighted by atomic mass is 10.1. The van der Waals surface area contributed by atoms with E-state index in [0.29, 0.717) is 12.4 Å². The van der Waals surface area contributed by atoms with E-state index >= 15 is 0 Å². The van der Waals surface area contributed by atoms with Crippen molar-refractivity contribution in [1.29, 1.82) is 0 Å². The highest BCUT2D eigenvalue weighted by Gasteiger charge is 2.25. The Bertz CT molecular complexity index is 638. The minimum absolute atomic E-state index is 0.0436. The lowest BCUT2D eigenvalue weighted by molar-refractivity contribution is 0.200. The van der Waals surface area contributed by atoms with Crippen LogP contribution < -0.4 is 10.5 Å². The zero-order chi connectivity index (χ0) is 14.3. The quantitative estimate of drug-likeness (QED) is 0.944. The van der Waals surface area contributed by atoms with Crippen LogP contribution in [0.1, 0.15) is 31.0 Å². The molecule has 0 radical (unpaired) electrons. The molecule has 2 heterocycles. The number of nitrogens with zero attached hydrogens (tertiary/aromatic N) is 3. The van der Waals surface area contributed by atoms with Crippen LogP contribution in [0.4, 0.5) is 5.82 Å². The molecule has 0 aliphatic carbocycles. The van der Waals surface area contributed by atoms with Crippen LogP contribution in [0.3, 0.4) is 0 Å². The molecule has 0 saturated carbocycles. The molecule has 0 saturated heterocycles. The number of fused-ring (bicyclic) bond motifs is 1. The third-order valence-electron chi connectivity index (χ3n) is 3.49. The Labute approximate surface area is 122 Å². The summed E-state index contributed by atoms with van der Waals surface area (Å²) in [4.78, 5) is 0. The van der Waals surface area contributed by atoms with Crippen LogP contribution in [-0.2, 0) is 13.0 Å². The first-order chi connectivity index (χ1) is 9.54. The molecule has 0 spiro atoms. The van der Waals surface area contributed by atoms with Crippen LogP contribution in [0.15, 0.2) is 18.2 Å². The number of halogens is 1. The monoisotopic (exact) mass is 292 g/mol. The number of nitrogen functional groups attached to an aromatic ring is 1. The van der Waals surface area contributed by atoms with Crippen LogP contribution in [0.25, 0.3) is 0 Å². The Morgan fingerprint density at radius 3 is 3.05 bits per heavy atom. The van der Waals surface area contributed by atoms with Gasteiger partial charge in [0.2, 0.25) is 0 Å². The van der Waals surface area contributed by atoms with Crippen LogP contribution in [-0.4, -0.2) is 21.1 Å². The van der Waals surface area contributed by atoms with Crippen molar-refractivity contribution in [2.24, 2.45) is 0 Å². The predicted molar refractivity (Wildman–Crippen MR) is 78.1 cm³/mol. The van der Waals surface area contributed by atoms with Gasteiger partial charge in [0.15, 0.2) is 5.82 Å². The maximum atomic E-state index is 6.00. The summed E-state index contributed by atoms with van der Waals surface area (Å²) < 4.78 is 7.77. The summed E-state index contributed by atoms with van der Waals surface area (Å²) in [6.45, 7) is 4.80. The third-order valence-corrected chi connectivity index (χ3v) is 3.72. The van der Waals surface area contributed by atoms with E-state index < -0.39 is 0 Å². The second-order valence-corrected chi connectivity index (χ2v) is 5.83. The van der Waals surface area contributed by atoms with E-state index in [9.17, 15) is 0 Å². The topological polar surface area (TPSA) is 66.0 Å². The number of rotatable bonds is 3. The minimum Gasteiger partial charge on any atom is -0.488 e. The zero-order valence-corrected chi connectivity index (χ0v) is 12.3. The van der Waals surface area contributed by atoms with Gasteiger partial charge in [0.05, 0.1) is 12.2 Å². The molecule has 3 rings (SSSR count). The fourth-order valence-electron chi connectivity index (χ4n) is 2.65. The molecule has 2 aromatic rings. The summed E-state index contributed by atoms with van der Waals surface area (Å²) in [6, 6.07) is 5.71. The smallest absolute Gasteiger partial charge is 0.169 e. The Morgan fingerprint density at radius 2 is 2.30 bits per heavy atom. The normalized spacial score (nSPS) is 17.3. The second kappa shape index (κ2) is 4.98. The van der Waals surface area contributed by atoms with E-state index in [-0.39, 0.29) is 12.0 Å². The lowest BCUT2D eigenvalue weighted by Crippen LogP contribution is -2.23. The fourth-order valence-corrected chi connectivity index (χ4v) is 2.84. The second-order valence-electron chi connectivity index (χ2n) is 5.39. The molecule has 0 bridgehead atoms. The van der Waals surface area contributed by atoms with Gasteiger partial charge in [-0.2, -0.15) is 0 Å². The highest BCUT2D eigenvalue weighted by Crippen LogP contribution is 2.32. The van der Waals surface area contributed by atoms with Gasteiger partial charge in [0.25, 0.3) is 0 Å². The van der Waals surface area contributed by atoms with Gasteiger partial charge in [-0.15, -0.1) is 5.10 Å². The van der Waals surface area contributed by atoms with Gasteiger partial charge in [-0.3, -0.25) is 0 Å². The van der Waals surface area contributed by atoms with Crippen molar-refractivity contribution in [3.05, 3.63) is 34.5 Å². The van der Waals surface area contributed by atoms with Crippen LogP contribution >= 0.6 is 11.6 Å². The first-order valence-corrected chi connectivity index (χ1v) is 7.06. The van der Waals surface area contributed by atoms with Crippen molar-refractivity contribution < 1.29 is 4.74 Å². The largest absolute Gasteiger partial charge is 0.488 e. The molecule has 1 unspecified atom stereocenters. The number of ether oxygens (including phenoxy) is 1. The van der Waals surface area contributed by atoms with Crippen LogP contribution in [0.2, 0.25) is 5.02 Å². The highest BCUT2D eigenvalue weighted by atomic mass is 35.5. The van der Waals surface area contributed by atoms with E-state index in [1.165, 1.54) is 0 Å². The van der Waals surface area contributed by atoms with Gasteiger partial charge >= 0.3 is 0 Å². The first-order valence-electron chi connectivity index (χ1n) is 6.68. The summed E-state index contributed by atoms with van der Waals surface area (Å²) >= 11 is 6.00. The SMILES string of the molecule is CC(C)c1c(N)nnn1CC1Cc2cc(Cl)ccc2O1. The molecule has 106 valence electrons. The molecule has 2 N–H and O–H groups in total. The number of nitrogens with two attached hydrogens (primary N) is 1. The molecular formula is C14H17ClN4O. The molecule has 0 amide bonds. The number of hydrogen-bond acceptors (Lipinski definition) is 4. The number of anilines is 1. The van der Waals surface area contributed by atoms with Gasteiger partial charge in [0.1, 0.15) is 11.9 Å². The standard InChI is InChI=1S/C14H17ClN4O/c1-8(2)13-14(16)17-18-19(13)7-11-6-9-5-10(15)3-4-12(9)20-11/h3-5,8,11H,6-7,16H2,1-2H3. The average Bonchev–Trinajstić information content (AvgIpc) is 2.92. The van der Waals surface area contributed by atoms with Gasteiger partial charge in [0, 0.05) is 11.4 Å². The van der Waals surface area contributed by atoms with Gasteiger partial charge < -0.3 is 10.5 Å². The van der Waals surface area contributed by atoms with Crippen LogP contribution in [0.5, 0.6) is 5.75 Å². The maximum Gasteiger partial charge on any atom is 0.169 e. The van der Waals surface area contributed by atoms with Gasteiger partial charge in [-0.05, 0) is 29.7 Å². The highest BCUT2D eigenvalue weighted by molar-refractivity contribution is 6.30. The molecule has 1 aliphatic rings. The predicted octanol–water partition coefficient (Wildman–Crippen LogP) is 2.64. The minimum atomic E-state index is 0.0436. The van der Waals surface area contributed by atoms with Gasteiger partial charge in [-0.25, -0.2) is 4.68 Å². The van der Waals surface area contributed by atoms with E-state index in [0.717, 1.165) is 28.5 Å². The number of aromatic nitrogens is 3. The van der Waals surface area contributed by atoms with E-state index in [1.807, 2.05) is 22.9 Å². The zero-order valence-electron chi connectivity index (χ0n) is 11.5. The molecule has 20 heavy (non-hydrogen) atoms. The number of hydrogen-bond donors (Lipinski definition) is 1. The van der Waals surface area contributed by atoms with E-state index in [1.54, 1.807) is 0 Å². The van der Waals surface area contributed by atoms with Crippen molar-refractivity contribution in [2.75, 3.05) is 5.73 Å². The van der Waals surface area contributed by atoms with Crippen molar-refractivity contribution >= 4 is 17.4 Å². The Morgan fingerprint density at radius 1 is 1.50 bits per heavy atom. The molecule has 1 aliphatic heterocycles. The summed E-state index contributed by atoms with van der Waals surface area (Å²) in [5.41, 5.74) is 7.97. The van der Waals surface area contributed by atoms with E-state index in [4.69, 9.17) is 22.1 Å². The van der Waals surface area contributed by atoms with Crippen molar-refractivity contribution in [3.63, 3.8) is 0 Å². The lowest BCUT2D eigenvalue weighted by Gasteiger charge is -2.14. The maximum absolute atomic E-state index is 6.00. The van der Waals surface area contributed by atoms with Gasteiger partial charge in [-0.1, -0.05) is 30.7 Å². The molecule has 6 heteroatoms.